The molecule has 0 radical (unpaired) electrons. The molecule has 0 aliphatic heterocycles. The van der Waals surface area contributed by atoms with Gasteiger partial charge in [0.15, 0.2) is 5.78 Å². The molecule has 0 N–H and O–H groups in total. The van der Waals surface area contributed by atoms with Gasteiger partial charge in [-0.3, -0.25) is 4.79 Å². The Morgan fingerprint density at radius 3 is 2.62 bits per heavy atom. The minimum Gasteiger partial charge on any atom is -0.294 e. The number of carbonyl (C=O) groups excluding carboxylic acids is 1. The highest BCUT2D eigenvalue weighted by atomic mass is 16.1. The third-order valence-electron chi connectivity index (χ3n) is 1.95. The second kappa shape index (κ2) is 4.12. The highest BCUT2D eigenvalue weighted by molar-refractivity contribution is 5.96. The molecule has 13 heavy (non-hydrogen) atoms. The van der Waals surface area contributed by atoms with E-state index in [4.69, 9.17) is 0 Å². The molecule has 0 aliphatic carbocycles. The number of hydrogen-bond acceptors (Lipinski definition) is 3. The van der Waals surface area contributed by atoms with Crippen LogP contribution < -0.4 is 0 Å². The summed E-state index contributed by atoms with van der Waals surface area (Å²) in [6, 6.07) is 1.82. The molecule has 1 heterocycles. The highest BCUT2D eigenvalue weighted by Crippen LogP contribution is 2.09. The average Bonchev–Trinajstić information content (AvgIpc) is 2.16. The van der Waals surface area contributed by atoms with Crippen molar-refractivity contribution in [2.75, 3.05) is 0 Å². The molecule has 1 rings (SSSR count). The second-order valence-corrected chi connectivity index (χ2v) is 2.98. The maximum atomic E-state index is 11.5. The van der Waals surface area contributed by atoms with Crippen LogP contribution in [0, 0.1) is 6.92 Å². The summed E-state index contributed by atoms with van der Waals surface area (Å²) in [5, 5.41) is 7.92. The van der Waals surface area contributed by atoms with Crippen molar-refractivity contribution in [2.24, 2.45) is 0 Å². The van der Waals surface area contributed by atoms with Crippen molar-refractivity contribution in [1.29, 1.82) is 0 Å². The summed E-state index contributed by atoms with van der Waals surface area (Å²) in [6.07, 6.45) is 1.28. The molecule has 0 saturated heterocycles. The van der Waals surface area contributed by atoms with Gasteiger partial charge >= 0.3 is 0 Å². The van der Waals surface area contributed by atoms with Gasteiger partial charge in [-0.2, -0.15) is 10.2 Å². The molecule has 70 valence electrons. The Kier molecular flexibility index (Phi) is 3.12. The zero-order chi connectivity index (χ0) is 9.84. The molecular weight excluding hydrogens is 164 g/mol. The van der Waals surface area contributed by atoms with Gasteiger partial charge in [-0.25, -0.2) is 0 Å². The Morgan fingerprint density at radius 2 is 2.08 bits per heavy atom. The summed E-state index contributed by atoms with van der Waals surface area (Å²) < 4.78 is 0. The summed E-state index contributed by atoms with van der Waals surface area (Å²) in [5.74, 6) is 0.148. The minimum absolute atomic E-state index is 0.148. The Labute approximate surface area is 78.2 Å². The Hall–Kier alpha value is -1.25. The number of Topliss-reactive ketones (excluding diaryl/α,β-unsaturated/α-hetero) is 1. The quantitative estimate of drug-likeness (QED) is 0.664. The first-order chi connectivity index (χ1) is 6.19. The number of ketones is 1. The lowest BCUT2D eigenvalue weighted by atomic mass is 10.1. The lowest BCUT2D eigenvalue weighted by Crippen LogP contribution is -2.06. The molecule has 0 aliphatic rings. The van der Waals surface area contributed by atoms with E-state index >= 15 is 0 Å². The van der Waals surface area contributed by atoms with Gasteiger partial charge in [-0.1, -0.05) is 13.8 Å². The van der Waals surface area contributed by atoms with Crippen molar-refractivity contribution in [2.45, 2.75) is 33.6 Å². The number of carbonyl (C=O) groups is 1. The first-order valence-corrected chi connectivity index (χ1v) is 4.55. The van der Waals surface area contributed by atoms with E-state index in [2.05, 4.69) is 10.2 Å². The predicted octanol–water partition coefficient (Wildman–Crippen LogP) is 1.94. The van der Waals surface area contributed by atoms with Gasteiger partial charge in [0.25, 0.3) is 0 Å². The SMILES string of the molecule is CCC(=O)c1cc(C)nnc1CC. The van der Waals surface area contributed by atoms with Crippen LogP contribution in [0.5, 0.6) is 0 Å². The van der Waals surface area contributed by atoms with Gasteiger partial charge in [-0.15, -0.1) is 0 Å². The van der Waals surface area contributed by atoms with Crippen molar-refractivity contribution in [3.05, 3.63) is 23.0 Å². The molecule has 0 spiro atoms. The largest absolute Gasteiger partial charge is 0.294 e. The highest BCUT2D eigenvalue weighted by Gasteiger charge is 2.10. The average molecular weight is 178 g/mol. The lowest BCUT2D eigenvalue weighted by molar-refractivity contribution is 0.0986. The first-order valence-electron chi connectivity index (χ1n) is 4.55. The Bertz CT molecular complexity index is 321. The normalized spacial score (nSPS) is 10.1. The molecule has 0 unspecified atom stereocenters. The Morgan fingerprint density at radius 1 is 1.38 bits per heavy atom. The van der Waals surface area contributed by atoms with Crippen LogP contribution >= 0.6 is 0 Å². The van der Waals surface area contributed by atoms with Crippen LogP contribution in [0.1, 0.15) is 42.0 Å². The van der Waals surface area contributed by atoms with Crippen molar-refractivity contribution in [3.8, 4) is 0 Å². The van der Waals surface area contributed by atoms with Gasteiger partial charge in [0.1, 0.15) is 0 Å². The predicted molar refractivity (Wildman–Crippen MR) is 50.8 cm³/mol. The van der Waals surface area contributed by atoms with Crippen LogP contribution in [-0.4, -0.2) is 16.0 Å². The van der Waals surface area contributed by atoms with Gasteiger partial charge in [0.05, 0.1) is 11.4 Å². The van der Waals surface area contributed by atoms with Gasteiger partial charge in [-0.05, 0) is 19.4 Å². The van der Waals surface area contributed by atoms with Gasteiger partial charge in [0, 0.05) is 12.0 Å². The molecular formula is C10H14N2O. The molecule has 0 bridgehead atoms. The maximum Gasteiger partial charge on any atom is 0.164 e. The fourth-order valence-corrected chi connectivity index (χ4v) is 1.21. The van der Waals surface area contributed by atoms with Crippen molar-refractivity contribution in [3.63, 3.8) is 0 Å². The van der Waals surface area contributed by atoms with Crippen LogP contribution in [0.25, 0.3) is 0 Å². The van der Waals surface area contributed by atoms with Crippen LogP contribution in [0.3, 0.4) is 0 Å². The number of hydrogen-bond donors (Lipinski definition) is 0. The molecule has 3 nitrogen and oxygen atoms in total. The van der Waals surface area contributed by atoms with E-state index < -0.39 is 0 Å². The van der Waals surface area contributed by atoms with Crippen LogP contribution in [0.4, 0.5) is 0 Å². The van der Waals surface area contributed by atoms with Gasteiger partial charge in [0.2, 0.25) is 0 Å². The molecule has 0 fully saturated rings. The summed E-state index contributed by atoms with van der Waals surface area (Å²) in [5.41, 5.74) is 2.34. The van der Waals surface area contributed by atoms with Crippen molar-refractivity contribution < 1.29 is 4.79 Å². The zero-order valence-corrected chi connectivity index (χ0v) is 8.29. The smallest absolute Gasteiger partial charge is 0.164 e. The van der Waals surface area contributed by atoms with Crippen molar-refractivity contribution in [1.82, 2.24) is 10.2 Å². The zero-order valence-electron chi connectivity index (χ0n) is 8.29. The fraction of sp³-hybridized carbons (Fsp3) is 0.500. The molecule has 0 atom stereocenters. The van der Waals surface area contributed by atoms with E-state index in [0.717, 1.165) is 23.4 Å². The molecule has 1 aromatic rings. The monoisotopic (exact) mass is 178 g/mol. The van der Waals surface area contributed by atoms with E-state index in [1.807, 2.05) is 26.8 Å². The molecule has 0 amide bonds. The van der Waals surface area contributed by atoms with E-state index in [1.54, 1.807) is 0 Å². The van der Waals surface area contributed by atoms with E-state index in [1.165, 1.54) is 0 Å². The summed E-state index contributed by atoms with van der Waals surface area (Å²) in [6.45, 7) is 5.68. The number of rotatable bonds is 3. The van der Waals surface area contributed by atoms with Crippen LogP contribution in [0.15, 0.2) is 6.07 Å². The van der Waals surface area contributed by atoms with Crippen molar-refractivity contribution >= 4 is 5.78 Å². The topological polar surface area (TPSA) is 42.9 Å². The molecule has 3 heteroatoms. The standard InChI is InChI=1S/C10H14N2O/c1-4-9-8(10(13)5-2)6-7(3)11-12-9/h6H,4-5H2,1-3H3. The first kappa shape index (κ1) is 9.84. The van der Waals surface area contributed by atoms with Crippen LogP contribution in [0.2, 0.25) is 0 Å². The molecule has 0 saturated carbocycles. The van der Waals surface area contributed by atoms with Gasteiger partial charge < -0.3 is 0 Å². The number of aryl methyl sites for hydroxylation is 2. The minimum atomic E-state index is 0.148. The summed E-state index contributed by atoms with van der Waals surface area (Å²) in [4.78, 5) is 11.5. The molecule has 0 aromatic carbocycles. The summed E-state index contributed by atoms with van der Waals surface area (Å²) in [7, 11) is 0. The third-order valence-corrected chi connectivity index (χ3v) is 1.95. The second-order valence-electron chi connectivity index (χ2n) is 2.98. The Balaban J connectivity index is 3.15. The molecule has 1 aromatic heterocycles. The van der Waals surface area contributed by atoms with E-state index in [9.17, 15) is 4.79 Å². The maximum absolute atomic E-state index is 11.5. The third kappa shape index (κ3) is 2.11. The van der Waals surface area contributed by atoms with Crippen LogP contribution in [-0.2, 0) is 6.42 Å². The van der Waals surface area contributed by atoms with E-state index in [0.29, 0.717) is 6.42 Å². The van der Waals surface area contributed by atoms with E-state index in [-0.39, 0.29) is 5.78 Å². The lowest BCUT2D eigenvalue weighted by Gasteiger charge is -2.03. The number of nitrogens with zero attached hydrogens (tertiary/aromatic N) is 2. The fourth-order valence-electron chi connectivity index (χ4n) is 1.21. The number of aromatic nitrogens is 2. The summed E-state index contributed by atoms with van der Waals surface area (Å²) >= 11 is 0.